The van der Waals surface area contributed by atoms with Crippen LogP contribution < -0.4 is 5.73 Å². The lowest BCUT2D eigenvalue weighted by Gasteiger charge is -2.05. The van der Waals surface area contributed by atoms with E-state index in [2.05, 4.69) is 10.1 Å². The maximum Gasteiger partial charge on any atom is 0.233 e. The predicted molar refractivity (Wildman–Crippen MR) is 53.9 cm³/mol. The van der Waals surface area contributed by atoms with Crippen LogP contribution in [0.2, 0.25) is 0 Å². The van der Waals surface area contributed by atoms with Gasteiger partial charge in [0.05, 0.1) is 0 Å². The maximum atomic E-state index is 12.6. The van der Waals surface area contributed by atoms with Crippen LogP contribution in [0.15, 0.2) is 30.6 Å². The number of aromatic nitrogens is 3. The van der Waals surface area contributed by atoms with Crippen molar-refractivity contribution in [2.45, 2.75) is 13.0 Å². The van der Waals surface area contributed by atoms with Crippen LogP contribution in [0.3, 0.4) is 0 Å². The van der Waals surface area contributed by atoms with Crippen LogP contribution >= 0.6 is 0 Å². The Hall–Kier alpha value is -1.75. The lowest BCUT2D eigenvalue weighted by Crippen LogP contribution is -2.06. The van der Waals surface area contributed by atoms with Crippen LogP contribution in [0.1, 0.15) is 18.5 Å². The van der Waals surface area contributed by atoms with Crippen molar-refractivity contribution in [1.29, 1.82) is 0 Å². The molecule has 15 heavy (non-hydrogen) atoms. The van der Waals surface area contributed by atoms with Crippen molar-refractivity contribution in [2.24, 2.45) is 5.73 Å². The number of nitrogens with two attached hydrogens (primary N) is 1. The second-order valence-corrected chi connectivity index (χ2v) is 3.32. The second-order valence-electron chi connectivity index (χ2n) is 3.32. The highest BCUT2D eigenvalue weighted by Gasteiger charge is 2.03. The number of rotatable bonds is 2. The molecule has 0 radical (unpaired) electrons. The third kappa shape index (κ3) is 2.02. The van der Waals surface area contributed by atoms with Crippen LogP contribution in [0.4, 0.5) is 4.39 Å². The summed E-state index contributed by atoms with van der Waals surface area (Å²) >= 11 is 0. The molecular weight excluding hydrogens is 195 g/mol. The molecule has 0 aliphatic heterocycles. The minimum absolute atomic E-state index is 0.0547. The fourth-order valence-electron chi connectivity index (χ4n) is 1.23. The van der Waals surface area contributed by atoms with Crippen LogP contribution in [0, 0.1) is 5.95 Å². The number of hydrogen-bond acceptors (Lipinski definition) is 3. The first-order valence-electron chi connectivity index (χ1n) is 4.60. The van der Waals surface area contributed by atoms with Gasteiger partial charge in [0.2, 0.25) is 5.95 Å². The molecule has 0 saturated carbocycles. The highest BCUT2D eigenvalue weighted by molar-refractivity contribution is 5.25. The number of pyridine rings is 1. The minimum atomic E-state index is -0.520. The van der Waals surface area contributed by atoms with Gasteiger partial charge in [0.1, 0.15) is 0 Å². The van der Waals surface area contributed by atoms with Gasteiger partial charge in [-0.2, -0.15) is 4.39 Å². The van der Waals surface area contributed by atoms with Gasteiger partial charge in [0, 0.05) is 24.5 Å². The summed E-state index contributed by atoms with van der Waals surface area (Å²) in [6, 6.07) is 4.83. The minimum Gasteiger partial charge on any atom is -0.324 e. The van der Waals surface area contributed by atoms with Gasteiger partial charge in [-0.05, 0) is 18.6 Å². The molecule has 78 valence electrons. The monoisotopic (exact) mass is 206 g/mol. The molecule has 0 spiro atoms. The summed E-state index contributed by atoms with van der Waals surface area (Å²) < 4.78 is 14.0. The highest BCUT2D eigenvalue weighted by atomic mass is 19.1. The van der Waals surface area contributed by atoms with Crippen molar-refractivity contribution in [2.75, 3.05) is 0 Å². The first-order chi connectivity index (χ1) is 7.16. The highest BCUT2D eigenvalue weighted by Crippen LogP contribution is 2.10. The summed E-state index contributed by atoms with van der Waals surface area (Å²) in [5.41, 5.74) is 6.62. The molecule has 4 nitrogen and oxygen atoms in total. The predicted octanol–water partition coefficient (Wildman–Crippen LogP) is 1.43. The molecule has 1 atom stereocenters. The summed E-state index contributed by atoms with van der Waals surface area (Å²) in [6.45, 7) is 1.88. The fraction of sp³-hybridized carbons (Fsp3) is 0.200. The zero-order valence-electron chi connectivity index (χ0n) is 8.26. The van der Waals surface area contributed by atoms with E-state index in [0.717, 1.165) is 5.56 Å². The quantitative estimate of drug-likeness (QED) is 0.808. The largest absolute Gasteiger partial charge is 0.324 e. The first-order valence-corrected chi connectivity index (χ1v) is 4.60. The molecule has 2 aromatic heterocycles. The van der Waals surface area contributed by atoms with Crippen molar-refractivity contribution in [3.05, 3.63) is 42.1 Å². The topological polar surface area (TPSA) is 56.7 Å². The van der Waals surface area contributed by atoms with Crippen LogP contribution in [0.5, 0.6) is 0 Å². The molecule has 2 rings (SSSR count). The van der Waals surface area contributed by atoms with Gasteiger partial charge in [0.15, 0.2) is 5.82 Å². The third-order valence-corrected chi connectivity index (χ3v) is 2.09. The molecule has 0 bridgehead atoms. The van der Waals surface area contributed by atoms with Crippen LogP contribution in [0.25, 0.3) is 5.82 Å². The molecule has 0 aliphatic carbocycles. The summed E-state index contributed by atoms with van der Waals surface area (Å²) in [6.07, 6.45) is 3.18. The standard InChI is InChI=1S/C10H11FN4/c1-7(12)8-2-3-10(13-6-8)15-5-4-9(11)14-15/h2-7H,12H2,1H3/t7-/m0/s1. The summed E-state index contributed by atoms with van der Waals surface area (Å²) in [7, 11) is 0. The zero-order valence-corrected chi connectivity index (χ0v) is 8.26. The van der Waals surface area contributed by atoms with E-state index < -0.39 is 5.95 Å². The van der Waals surface area contributed by atoms with Crippen molar-refractivity contribution < 1.29 is 4.39 Å². The maximum absolute atomic E-state index is 12.6. The Bertz CT molecular complexity index is 447. The van der Waals surface area contributed by atoms with E-state index in [1.54, 1.807) is 12.3 Å². The molecule has 2 heterocycles. The van der Waals surface area contributed by atoms with Gasteiger partial charge >= 0.3 is 0 Å². The Morgan fingerprint density at radius 1 is 1.40 bits per heavy atom. The Balaban J connectivity index is 2.31. The lowest BCUT2D eigenvalue weighted by molar-refractivity contribution is 0.564. The first kappa shape index (κ1) is 9.79. The normalized spacial score (nSPS) is 12.7. The van der Waals surface area contributed by atoms with Gasteiger partial charge in [0.25, 0.3) is 0 Å². The Kier molecular flexibility index (Phi) is 2.47. The molecule has 0 aliphatic rings. The number of halogens is 1. The van der Waals surface area contributed by atoms with E-state index in [9.17, 15) is 4.39 Å². The van der Waals surface area contributed by atoms with Crippen LogP contribution in [-0.2, 0) is 0 Å². The molecule has 0 fully saturated rings. The summed E-state index contributed by atoms with van der Waals surface area (Å²) in [5.74, 6) is 0.0522. The number of hydrogen-bond donors (Lipinski definition) is 1. The Morgan fingerprint density at radius 3 is 2.67 bits per heavy atom. The van der Waals surface area contributed by atoms with Gasteiger partial charge in [-0.3, -0.25) is 0 Å². The smallest absolute Gasteiger partial charge is 0.233 e. The molecule has 2 N–H and O–H groups in total. The van der Waals surface area contributed by atoms with Crippen molar-refractivity contribution in [3.63, 3.8) is 0 Å². The molecule has 0 unspecified atom stereocenters. The van der Waals surface area contributed by atoms with E-state index >= 15 is 0 Å². The van der Waals surface area contributed by atoms with E-state index in [4.69, 9.17) is 5.73 Å². The molecule has 0 saturated heterocycles. The van der Waals surface area contributed by atoms with Crippen molar-refractivity contribution in [3.8, 4) is 5.82 Å². The average molecular weight is 206 g/mol. The zero-order chi connectivity index (χ0) is 10.8. The Morgan fingerprint density at radius 2 is 2.20 bits per heavy atom. The molecule has 0 amide bonds. The Labute approximate surface area is 86.6 Å². The van der Waals surface area contributed by atoms with Crippen molar-refractivity contribution >= 4 is 0 Å². The summed E-state index contributed by atoms with van der Waals surface area (Å²) in [5, 5.41) is 3.61. The van der Waals surface area contributed by atoms with Gasteiger partial charge < -0.3 is 5.73 Å². The number of nitrogens with zero attached hydrogens (tertiary/aromatic N) is 3. The summed E-state index contributed by atoms with van der Waals surface area (Å²) in [4.78, 5) is 4.14. The lowest BCUT2D eigenvalue weighted by atomic mass is 10.2. The van der Waals surface area contributed by atoms with E-state index in [1.807, 2.05) is 13.0 Å². The van der Waals surface area contributed by atoms with E-state index in [-0.39, 0.29) is 6.04 Å². The second kappa shape index (κ2) is 3.78. The van der Waals surface area contributed by atoms with Gasteiger partial charge in [-0.1, -0.05) is 6.07 Å². The van der Waals surface area contributed by atoms with Crippen molar-refractivity contribution in [1.82, 2.24) is 14.8 Å². The van der Waals surface area contributed by atoms with Gasteiger partial charge in [-0.15, -0.1) is 5.10 Å². The fourth-order valence-corrected chi connectivity index (χ4v) is 1.23. The SMILES string of the molecule is C[C@H](N)c1ccc(-n2ccc(F)n2)nc1. The molecule has 2 aromatic rings. The molecule has 0 aromatic carbocycles. The van der Waals surface area contributed by atoms with Crippen LogP contribution in [-0.4, -0.2) is 14.8 Å². The van der Waals surface area contributed by atoms with E-state index in [1.165, 1.54) is 16.9 Å². The average Bonchev–Trinajstić information content (AvgIpc) is 2.65. The molecule has 5 heteroatoms. The molecular formula is C10H11FN4. The third-order valence-electron chi connectivity index (χ3n) is 2.09. The van der Waals surface area contributed by atoms with E-state index in [0.29, 0.717) is 5.82 Å². The van der Waals surface area contributed by atoms with Gasteiger partial charge in [-0.25, -0.2) is 9.67 Å².